The van der Waals surface area contributed by atoms with Gasteiger partial charge in [-0.3, -0.25) is 4.98 Å². The van der Waals surface area contributed by atoms with Gasteiger partial charge < -0.3 is 10.4 Å². The number of hydrogen-bond acceptors (Lipinski definition) is 4. The van der Waals surface area contributed by atoms with E-state index < -0.39 is 0 Å². The van der Waals surface area contributed by atoms with Crippen molar-refractivity contribution in [3.8, 4) is 5.75 Å². The Morgan fingerprint density at radius 3 is 2.50 bits per heavy atom. The molecule has 0 atom stereocenters. The van der Waals surface area contributed by atoms with Crippen LogP contribution in [0, 0.1) is 0 Å². The zero-order chi connectivity index (χ0) is 13.8. The third-order valence-electron chi connectivity index (χ3n) is 3.10. The molecule has 0 fully saturated rings. The van der Waals surface area contributed by atoms with E-state index in [1.165, 1.54) is 5.56 Å². The van der Waals surface area contributed by atoms with Gasteiger partial charge in [-0.1, -0.05) is 24.3 Å². The summed E-state index contributed by atoms with van der Waals surface area (Å²) < 4.78 is 0. The minimum absolute atomic E-state index is 0.294. The molecule has 0 aliphatic carbocycles. The van der Waals surface area contributed by atoms with Crippen molar-refractivity contribution in [3.63, 3.8) is 0 Å². The normalized spacial score (nSPS) is 10.6. The van der Waals surface area contributed by atoms with Gasteiger partial charge in [0.15, 0.2) is 0 Å². The summed E-state index contributed by atoms with van der Waals surface area (Å²) in [4.78, 5) is 8.87. The van der Waals surface area contributed by atoms with Gasteiger partial charge in [0, 0.05) is 6.54 Å². The second kappa shape index (κ2) is 5.57. The number of nitrogens with one attached hydrogen (secondary N) is 1. The number of phenols is 1. The summed E-state index contributed by atoms with van der Waals surface area (Å²) in [6.07, 6.45) is 2.62. The highest BCUT2D eigenvalue weighted by Gasteiger charge is 1.99. The Morgan fingerprint density at radius 1 is 0.950 bits per heavy atom. The van der Waals surface area contributed by atoms with E-state index in [1.54, 1.807) is 18.3 Å². The number of hydrogen-bond donors (Lipinski definition) is 2. The summed E-state index contributed by atoms with van der Waals surface area (Å²) >= 11 is 0. The third kappa shape index (κ3) is 2.85. The molecule has 0 amide bonds. The maximum absolute atomic E-state index is 9.23. The topological polar surface area (TPSA) is 58.0 Å². The lowest BCUT2D eigenvalue weighted by Crippen LogP contribution is -2.06. The fraction of sp³-hybridized carbons (Fsp3) is 0.125. The summed E-state index contributed by atoms with van der Waals surface area (Å²) in [5, 5.41) is 12.5. The van der Waals surface area contributed by atoms with Crippen molar-refractivity contribution in [2.24, 2.45) is 0 Å². The van der Waals surface area contributed by atoms with E-state index in [4.69, 9.17) is 0 Å². The second-order valence-corrected chi connectivity index (χ2v) is 4.59. The van der Waals surface area contributed by atoms with Gasteiger partial charge in [-0.25, -0.2) is 4.98 Å². The fourth-order valence-electron chi connectivity index (χ4n) is 2.04. The molecule has 4 nitrogen and oxygen atoms in total. The first-order chi connectivity index (χ1) is 9.81. The molecule has 0 aliphatic rings. The number of nitrogens with zero attached hydrogens (tertiary/aromatic N) is 2. The van der Waals surface area contributed by atoms with Crippen molar-refractivity contribution in [2.75, 3.05) is 11.9 Å². The summed E-state index contributed by atoms with van der Waals surface area (Å²) in [7, 11) is 0. The molecule has 0 spiro atoms. The van der Waals surface area contributed by atoms with Crippen LogP contribution in [0.5, 0.6) is 5.75 Å². The SMILES string of the molecule is Oc1ccc(CCNc2cnc3ccccc3n2)cc1. The van der Waals surface area contributed by atoms with Crippen molar-refractivity contribution >= 4 is 16.9 Å². The molecule has 2 N–H and O–H groups in total. The Bertz CT molecular complexity index is 710. The number of benzene rings is 2. The number of anilines is 1. The molecule has 0 unspecified atom stereocenters. The number of rotatable bonds is 4. The van der Waals surface area contributed by atoms with Gasteiger partial charge >= 0.3 is 0 Å². The van der Waals surface area contributed by atoms with E-state index >= 15 is 0 Å². The molecule has 1 aromatic heterocycles. The van der Waals surface area contributed by atoms with Crippen LogP contribution in [-0.2, 0) is 6.42 Å². The first kappa shape index (κ1) is 12.4. The molecule has 4 heteroatoms. The molecule has 3 aromatic rings. The van der Waals surface area contributed by atoms with Crippen molar-refractivity contribution in [1.29, 1.82) is 0 Å². The van der Waals surface area contributed by atoms with Crippen LogP contribution in [0.4, 0.5) is 5.82 Å². The van der Waals surface area contributed by atoms with Crippen LogP contribution in [-0.4, -0.2) is 21.6 Å². The van der Waals surface area contributed by atoms with Crippen LogP contribution in [0.25, 0.3) is 11.0 Å². The smallest absolute Gasteiger partial charge is 0.145 e. The first-order valence-electron chi connectivity index (χ1n) is 6.55. The lowest BCUT2D eigenvalue weighted by atomic mass is 10.1. The molecule has 3 rings (SSSR count). The average molecular weight is 265 g/mol. The Balaban J connectivity index is 1.63. The van der Waals surface area contributed by atoms with Crippen LogP contribution in [0.15, 0.2) is 54.7 Å². The molecular weight excluding hydrogens is 250 g/mol. The predicted molar refractivity (Wildman–Crippen MR) is 79.8 cm³/mol. The predicted octanol–water partition coefficient (Wildman–Crippen LogP) is 2.99. The molecular formula is C16H15N3O. The van der Waals surface area contributed by atoms with Crippen molar-refractivity contribution in [1.82, 2.24) is 9.97 Å². The quantitative estimate of drug-likeness (QED) is 0.761. The van der Waals surface area contributed by atoms with Crippen LogP contribution in [0.3, 0.4) is 0 Å². The zero-order valence-corrected chi connectivity index (χ0v) is 11.0. The standard InChI is InChI=1S/C16H15N3O/c20-13-7-5-12(6-8-13)9-10-17-16-11-18-14-3-1-2-4-15(14)19-16/h1-8,11,20H,9-10H2,(H,17,19). The van der Waals surface area contributed by atoms with Crippen molar-refractivity contribution in [2.45, 2.75) is 6.42 Å². The van der Waals surface area contributed by atoms with Crippen molar-refractivity contribution in [3.05, 3.63) is 60.3 Å². The molecule has 100 valence electrons. The number of fused-ring (bicyclic) bond motifs is 1. The van der Waals surface area contributed by atoms with Crippen LogP contribution < -0.4 is 5.32 Å². The lowest BCUT2D eigenvalue weighted by Gasteiger charge is -2.06. The Hall–Kier alpha value is -2.62. The van der Waals surface area contributed by atoms with Gasteiger partial charge in [0.1, 0.15) is 11.6 Å². The maximum atomic E-state index is 9.23. The zero-order valence-electron chi connectivity index (χ0n) is 11.0. The summed E-state index contributed by atoms with van der Waals surface area (Å²) in [6.45, 7) is 0.776. The molecule has 0 bridgehead atoms. The number of phenolic OH excluding ortho intramolecular Hbond substituents is 1. The molecule has 1 heterocycles. The molecule has 2 aromatic carbocycles. The minimum Gasteiger partial charge on any atom is -0.508 e. The summed E-state index contributed by atoms with van der Waals surface area (Å²) in [6, 6.07) is 15.0. The van der Waals surface area contributed by atoms with E-state index in [9.17, 15) is 5.11 Å². The third-order valence-corrected chi connectivity index (χ3v) is 3.10. The van der Waals surface area contributed by atoms with E-state index in [1.807, 2.05) is 36.4 Å². The summed E-state index contributed by atoms with van der Waals surface area (Å²) in [5.74, 6) is 1.07. The van der Waals surface area contributed by atoms with Gasteiger partial charge in [0.25, 0.3) is 0 Å². The molecule has 0 aliphatic heterocycles. The number of aromatic hydroxyl groups is 1. The van der Waals surface area contributed by atoms with E-state index in [-0.39, 0.29) is 0 Å². The average Bonchev–Trinajstić information content (AvgIpc) is 2.49. The van der Waals surface area contributed by atoms with Gasteiger partial charge in [0.2, 0.25) is 0 Å². The van der Waals surface area contributed by atoms with Crippen LogP contribution in [0.2, 0.25) is 0 Å². The highest BCUT2D eigenvalue weighted by molar-refractivity contribution is 5.75. The minimum atomic E-state index is 0.294. The highest BCUT2D eigenvalue weighted by atomic mass is 16.3. The van der Waals surface area contributed by atoms with E-state index in [2.05, 4.69) is 15.3 Å². The fourth-order valence-corrected chi connectivity index (χ4v) is 2.04. The largest absolute Gasteiger partial charge is 0.508 e. The summed E-state index contributed by atoms with van der Waals surface area (Å²) in [5.41, 5.74) is 2.96. The van der Waals surface area contributed by atoms with Gasteiger partial charge in [-0.15, -0.1) is 0 Å². The molecule has 20 heavy (non-hydrogen) atoms. The second-order valence-electron chi connectivity index (χ2n) is 4.59. The highest BCUT2D eigenvalue weighted by Crippen LogP contribution is 2.12. The van der Waals surface area contributed by atoms with Gasteiger partial charge in [-0.05, 0) is 36.2 Å². The van der Waals surface area contributed by atoms with Crippen LogP contribution in [0.1, 0.15) is 5.56 Å². The number of aromatic nitrogens is 2. The Labute approximate surface area is 117 Å². The number of para-hydroxylation sites is 2. The lowest BCUT2D eigenvalue weighted by molar-refractivity contribution is 0.475. The Morgan fingerprint density at radius 2 is 1.70 bits per heavy atom. The van der Waals surface area contributed by atoms with E-state index in [0.717, 1.165) is 29.8 Å². The van der Waals surface area contributed by atoms with E-state index in [0.29, 0.717) is 5.75 Å². The molecule has 0 saturated carbocycles. The molecule has 0 radical (unpaired) electrons. The Kier molecular flexibility index (Phi) is 3.46. The molecule has 0 saturated heterocycles. The maximum Gasteiger partial charge on any atom is 0.145 e. The first-order valence-corrected chi connectivity index (χ1v) is 6.55. The monoisotopic (exact) mass is 265 g/mol. The van der Waals surface area contributed by atoms with Crippen molar-refractivity contribution < 1.29 is 5.11 Å². The van der Waals surface area contributed by atoms with Crippen LogP contribution >= 0.6 is 0 Å². The van der Waals surface area contributed by atoms with Gasteiger partial charge in [-0.2, -0.15) is 0 Å². The van der Waals surface area contributed by atoms with Gasteiger partial charge in [0.05, 0.1) is 17.2 Å².